The third kappa shape index (κ3) is 3.53. The lowest BCUT2D eigenvalue weighted by molar-refractivity contribution is 0.0877. The van der Waals surface area contributed by atoms with Crippen LogP contribution in [0.4, 0.5) is 4.79 Å². The van der Waals surface area contributed by atoms with Gasteiger partial charge in [0.15, 0.2) is 0 Å². The average molecular weight is 398 g/mol. The Morgan fingerprint density at radius 3 is 2.66 bits per heavy atom. The Hall–Kier alpha value is -3.43. The van der Waals surface area contributed by atoms with Crippen molar-refractivity contribution in [3.8, 4) is 23.0 Å². The average Bonchev–Trinajstić information content (AvgIpc) is 3.05. The molecule has 0 saturated carbocycles. The van der Waals surface area contributed by atoms with Gasteiger partial charge in [-0.3, -0.25) is 4.68 Å². The maximum Gasteiger partial charge on any atom is 0.407 e. The third-order valence-electron chi connectivity index (χ3n) is 5.10. The second-order valence-electron chi connectivity index (χ2n) is 6.92. The topological polar surface area (TPSA) is 115 Å². The van der Waals surface area contributed by atoms with Crippen molar-refractivity contribution >= 4 is 17.1 Å². The molecule has 3 aromatic rings. The molecule has 0 aliphatic carbocycles. The molecule has 1 fully saturated rings. The molecule has 1 aliphatic heterocycles. The number of ether oxygens (including phenoxy) is 2. The first-order chi connectivity index (χ1) is 14.0. The summed E-state index contributed by atoms with van der Waals surface area (Å²) in [4.78, 5) is 25.7. The van der Waals surface area contributed by atoms with Crippen LogP contribution < -0.4 is 9.47 Å². The Labute approximate surface area is 167 Å². The number of aromatic nitrogens is 5. The number of hydrogen-bond donors (Lipinski definition) is 1. The number of aryl methyl sites for hydroxylation is 2. The number of pyridine rings is 1. The predicted octanol–water partition coefficient (Wildman–Crippen LogP) is 2.26. The molecule has 0 bridgehead atoms. The minimum atomic E-state index is -0.896. The zero-order chi connectivity index (χ0) is 20.5. The highest BCUT2D eigenvalue weighted by Crippen LogP contribution is 2.33. The molecule has 4 rings (SSSR count). The van der Waals surface area contributed by atoms with Gasteiger partial charge >= 0.3 is 6.09 Å². The first kappa shape index (κ1) is 18.9. The molecule has 1 saturated heterocycles. The van der Waals surface area contributed by atoms with Crippen molar-refractivity contribution in [2.75, 3.05) is 20.2 Å². The van der Waals surface area contributed by atoms with E-state index in [2.05, 4.69) is 20.1 Å². The molecule has 152 valence electrons. The van der Waals surface area contributed by atoms with Crippen LogP contribution in [-0.4, -0.2) is 67.1 Å². The van der Waals surface area contributed by atoms with E-state index in [0.29, 0.717) is 54.4 Å². The summed E-state index contributed by atoms with van der Waals surface area (Å²) >= 11 is 0. The van der Waals surface area contributed by atoms with Crippen LogP contribution in [0, 0.1) is 6.92 Å². The monoisotopic (exact) mass is 398 g/mol. The van der Waals surface area contributed by atoms with Gasteiger partial charge in [0.25, 0.3) is 0 Å². The lowest BCUT2D eigenvalue weighted by Gasteiger charge is -2.29. The highest BCUT2D eigenvalue weighted by Gasteiger charge is 2.26. The molecule has 29 heavy (non-hydrogen) atoms. The van der Waals surface area contributed by atoms with Gasteiger partial charge < -0.3 is 19.5 Å². The molecule has 0 radical (unpaired) electrons. The number of fused-ring (bicyclic) bond motifs is 1. The quantitative estimate of drug-likeness (QED) is 0.711. The van der Waals surface area contributed by atoms with E-state index >= 15 is 0 Å². The summed E-state index contributed by atoms with van der Waals surface area (Å²) in [5.41, 5.74) is 3.71. The largest absolute Gasteiger partial charge is 0.481 e. The number of amides is 1. The van der Waals surface area contributed by atoms with Gasteiger partial charge in [-0.25, -0.2) is 14.8 Å². The number of piperidine rings is 1. The Bertz CT molecular complexity index is 1060. The summed E-state index contributed by atoms with van der Waals surface area (Å²) in [7, 11) is 3.40. The first-order valence-corrected chi connectivity index (χ1v) is 9.32. The fourth-order valence-corrected chi connectivity index (χ4v) is 3.57. The van der Waals surface area contributed by atoms with E-state index in [9.17, 15) is 4.79 Å². The number of hydrogen-bond acceptors (Lipinski definition) is 7. The van der Waals surface area contributed by atoms with E-state index < -0.39 is 6.09 Å². The molecule has 0 spiro atoms. The van der Waals surface area contributed by atoms with E-state index in [0.717, 1.165) is 11.3 Å². The van der Waals surface area contributed by atoms with E-state index in [4.69, 9.17) is 14.6 Å². The minimum absolute atomic E-state index is 0.105. The molecular formula is C19H22N6O4. The summed E-state index contributed by atoms with van der Waals surface area (Å²) in [6, 6.07) is 3.70. The fourth-order valence-electron chi connectivity index (χ4n) is 3.57. The van der Waals surface area contributed by atoms with Crippen LogP contribution in [0.1, 0.15) is 18.5 Å². The fraction of sp³-hybridized carbons (Fsp3) is 0.421. The SMILES string of the molecule is COc1ccc(-c2nn(C)c3c(OC4CCN(C(=O)O)CC4)ncnc23)c(C)n1. The number of rotatable bonds is 4. The molecular weight excluding hydrogens is 376 g/mol. The van der Waals surface area contributed by atoms with Gasteiger partial charge in [-0.05, 0) is 13.0 Å². The summed E-state index contributed by atoms with van der Waals surface area (Å²) < 4.78 is 13.0. The second kappa shape index (κ2) is 7.53. The van der Waals surface area contributed by atoms with Crippen LogP contribution in [0.5, 0.6) is 11.8 Å². The molecule has 0 atom stereocenters. The summed E-state index contributed by atoms with van der Waals surface area (Å²) in [5, 5.41) is 13.7. The zero-order valence-corrected chi connectivity index (χ0v) is 16.5. The Balaban J connectivity index is 1.66. The number of methoxy groups -OCH3 is 1. The number of likely N-dealkylation sites (tertiary alicyclic amines) is 1. The van der Waals surface area contributed by atoms with E-state index in [1.165, 1.54) is 11.2 Å². The Morgan fingerprint density at radius 1 is 1.24 bits per heavy atom. The maximum absolute atomic E-state index is 11.1. The van der Waals surface area contributed by atoms with Crippen LogP contribution in [-0.2, 0) is 7.05 Å². The van der Waals surface area contributed by atoms with Gasteiger partial charge in [0, 0.05) is 44.6 Å². The Morgan fingerprint density at radius 2 is 2.00 bits per heavy atom. The number of carbonyl (C=O) groups is 1. The molecule has 1 N–H and O–H groups in total. The highest BCUT2D eigenvalue weighted by molar-refractivity contribution is 5.93. The van der Waals surface area contributed by atoms with Crippen molar-refractivity contribution in [3.05, 3.63) is 24.2 Å². The number of carboxylic acid groups (broad SMARTS) is 1. The van der Waals surface area contributed by atoms with Crippen LogP contribution in [0.25, 0.3) is 22.3 Å². The predicted molar refractivity (Wildman–Crippen MR) is 104 cm³/mol. The highest BCUT2D eigenvalue weighted by atomic mass is 16.5. The smallest absolute Gasteiger partial charge is 0.407 e. The van der Waals surface area contributed by atoms with E-state index in [-0.39, 0.29) is 6.10 Å². The van der Waals surface area contributed by atoms with Crippen molar-refractivity contribution in [1.82, 2.24) is 29.6 Å². The van der Waals surface area contributed by atoms with Gasteiger partial charge in [0.05, 0.1) is 12.8 Å². The zero-order valence-electron chi connectivity index (χ0n) is 16.5. The molecule has 10 heteroatoms. The molecule has 0 aromatic carbocycles. The van der Waals surface area contributed by atoms with E-state index in [1.807, 2.05) is 20.0 Å². The van der Waals surface area contributed by atoms with Crippen LogP contribution in [0.2, 0.25) is 0 Å². The summed E-state index contributed by atoms with van der Waals surface area (Å²) in [6.45, 7) is 2.79. The first-order valence-electron chi connectivity index (χ1n) is 9.32. The van der Waals surface area contributed by atoms with Gasteiger partial charge in [0.1, 0.15) is 29.2 Å². The van der Waals surface area contributed by atoms with Gasteiger partial charge in [-0.1, -0.05) is 0 Å². The standard InChI is InChI=1S/C19H22N6O4/c1-11-13(4-5-14(22-11)28-3)15-16-17(24(2)23-15)18(21-10-20-16)29-12-6-8-25(9-7-12)19(26)27/h4-5,10,12H,6-9H2,1-3H3,(H,26,27). The third-order valence-corrected chi connectivity index (χ3v) is 5.10. The van der Waals surface area contributed by atoms with E-state index in [1.54, 1.807) is 17.9 Å². The van der Waals surface area contributed by atoms with Crippen molar-refractivity contribution in [2.45, 2.75) is 25.9 Å². The molecule has 1 aliphatic rings. The summed E-state index contributed by atoms with van der Waals surface area (Å²) in [5.74, 6) is 0.988. The minimum Gasteiger partial charge on any atom is -0.481 e. The van der Waals surface area contributed by atoms with Gasteiger partial charge in [-0.2, -0.15) is 10.1 Å². The van der Waals surface area contributed by atoms with Crippen molar-refractivity contribution in [2.24, 2.45) is 7.05 Å². The molecule has 3 aromatic heterocycles. The lowest BCUT2D eigenvalue weighted by Crippen LogP contribution is -2.41. The molecule has 0 unspecified atom stereocenters. The van der Waals surface area contributed by atoms with Crippen LogP contribution in [0.3, 0.4) is 0 Å². The summed E-state index contributed by atoms with van der Waals surface area (Å²) in [6.07, 6.45) is 1.69. The van der Waals surface area contributed by atoms with Gasteiger partial charge in [-0.15, -0.1) is 0 Å². The van der Waals surface area contributed by atoms with Gasteiger partial charge in [0.2, 0.25) is 11.8 Å². The second-order valence-corrected chi connectivity index (χ2v) is 6.92. The molecule has 4 heterocycles. The van der Waals surface area contributed by atoms with Crippen molar-refractivity contribution in [3.63, 3.8) is 0 Å². The maximum atomic E-state index is 11.1. The lowest BCUT2D eigenvalue weighted by atomic mass is 10.1. The Kier molecular flexibility index (Phi) is 4.91. The normalized spacial score (nSPS) is 14.9. The molecule has 10 nitrogen and oxygen atoms in total. The van der Waals surface area contributed by atoms with Crippen molar-refractivity contribution < 1.29 is 19.4 Å². The molecule has 1 amide bonds. The number of nitrogens with zero attached hydrogens (tertiary/aromatic N) is 6. The van der Waals surface area contributed by atoms with Crippen molar-refractivity contribution in [1.29, 1.82) is 0 Å². The van der Waals surface area contributed by atoms with Crippen LogP contribution in [0.15, 0.2) is 18.5 Å². The van der Waals surface area contributed by atoms with Crippen LogP contribution >= 0.6 is 0 Å².